The number of rotatable bonds is 5. The summed E-state index contributed by atoms with van der Waals surface area (Å²) in [5, 5.41) is 6.68. The van der Waals surface area contributed by atoms with Crippen LogP contribution in [0.3, 0.4) is 0 Å². The van der Waals surface area contributed by atoms with E-state index in [-0.39, 0.29) is 5.69 Å². The van der Waals surface area contributed by atoms with Gasteiger partial charge in [-0.25, -0.2) is 4.39 Å². The number of benzene rings is 1. The van der Waals surface area contributed by atoms with Gasteiger partial charge in [0.05, 0.1) is 16.9 Å². The molecule has 0 radical (unpaired) electrons. The first-order valence-electron chi connectivity index (χ1n) is 6.93. The number of halogens is 3. The predicted octanol–water partition coefficient (Wildman–Crippen LogP) is 3.51. The van der Waals surface area contributed by atoms with Gasteiger partial charge in [0.25, 0.3) is 5.91 Å². The Balaban J connectivity index is 2.32. The van der Waals surface area contributed by atoms with Gasteiger partial charge in [-0.3, -0.25) is 9.48 Å². The zero-order valence-electron chi connectivity index (χ0n) is 12.9. The van der Waals surface area contributed by atoms with Crippen molar-refractivity contribution in [2.75, 3.05) is 5.32 Å². The second kappa shape index (κ2) is 6.72. The van der Waals surface area contributed by atoms with Crippen LogP contribution in [0.15, 0.2) is 18.2 Å². The van der Waals surface area contributed by atoms with E-state index in [2.05, 4.69) is 15.2 Å². The monoisotopic (exact) mass is 327 g/mol. The molecule has 0 unspecified atom stereocenters. The quantitative estimate of drug-likeness (QED) is 0.914. The summed E-state index contributed by atoms with van der Waals surface area (Å²) in [4.78, 5) is 12.4. The van der Waals surface area contributed by atoms with Crippen LogP contribution < -0.4 is 10.1 Å². The van der Waals surface area contributed by atoms with E-state index in [4.69, 9.17) is 0 Å². The maximum Gasteiger partial charge on any atom is 0.387 e. The molecule has 0 aliphatic heterocycles. The number of ether oxygens (including phenoxy) is 1. The third-order valence-electron chi connectivity index (χ3n) is 3.32. The van der Waals surface area contributed by atoms with Gasteiger partial charge in [0.15, 0.2) is 5.75 Å². The largest absolute Gasteiger partial charge is 0.432 e. The second-order valence-electron chi connectivity index (χ2n) is 4.83. The van der Waals surface area contributed by atoms with E-state index in [1.165, 1.54) is 6.07 Å². The molecule has 8 heteroatoms. The number of carbonyl (C=O) groups excluding carboxylic acids is 1. The molecule has 5 nitrogen and oxygen atoms in total. The highest BCUT2D eigenvalue weighted by Gasteiger charge is 2.20. The molecule has 0 bridgehead atoms. The van der Waals surface area contributed by atoms with Crippen LogP contribution >= 0.6 is 0 Å². The van der Waals surface area contributed by atoms with Gasteiger partial charge in [0.1, 0.15) is 5.82 Å². The molecule has 1 amide bonds. The number of hydrogen-bond donors (Lipinski definition) is 1. The molecular weight excluding hydrogens is 311 g/mol. The summed E-state index contributed by atoms with van der Waals surface area (Å²) in [6.45, 7) is 2.76. The third-order valence-corrected chi connectivity index (χ3v) is 3.32. The molecule has 1 aromatic carbocycles. The maximum atomic E-state index is 13.2. The summed E-state index contributed by atoms with van der Waals surface area (Å²) in [7, 11) is 0. The van der Waals surface area contributed by atoms with Crippen molar-refractivity contribution < 1.29 is 22.7 Å². The number of aromatic nitrogens is 2. The molecule has 1 aromatic heterocycles. The van der Waals surface area contributed by atoms with Crippen LogP contribution in [0.5, 0.6) is 5.75 Å². The molecule has 0 atom stereocenters. The SMILES string of the molecule is CCn1nc(C)c(C(=O)Nc2ccc(F)cc2OC(F)F)c1C. The first-order chi connectivity index (χ1) is 10.8. The van der Waals surface area contributed by atoms with E-state index in [1.807, 2.05) is 6.92 Å². The lowest BCUT2D eigenvalue weighted by Gasteiger charge is -2.12. The summed E-state index contributed by atoms with van der Waals surface area (Å²) in [6.07, 6.45) is 0. The van der Waals surface area contributed by atoms with Gasteiger partial charge in [-0.2, -0.15) is 13.9 Å². The molecule has 2 aromatic rings. The van der Waals surface area contributed by atoms with Crippen LogP contribution in [0.1, 0.15) is 28.7 Å². The van der Waals surface area contributed by atoms with Gasteiger partial charge in [0, 0.05) is 18.3 Å². The number of nitrogens with one attached hydrogen (secondary N) is 1. The van der Waals surface area contributed by atoms with Crippen LogP contribution in [-0.4, -0.2) is 22.3 Å². The van der Waals surface area contributed by atoms with Crippen molar-refractivity contribution in [1.82, 2.24) is 9.78 Å². The van der Waals surface area contributed by atoms with Gasteiger partial charge < -0.3 is 10.1 Å². The Hall–Kier alpha value is -2.51. The number of nitrogens with zero attached hydrogens (tertiary/aromatic N) is 2. The fourth-order valence-electron chi connectivity index (χ4n) is 2.31. The van der Waals surface area contributed by atoms with Crippen LogP contribution in [0.4, 0.5) is 18.9 Å². The summed E-state index contributed by atoms with van der Waals surface area (Å²) in [6, 6.07) is 3.00. The van der Waals surface area contributed by atoms with E-state index in [0.717, 1.165) is 12.1 Å². The molecule has 0 fully saturated rings. The van der Waals surface area contributed by atoms with Crippen molar-refractivity contribution in [3.8, 4) is 5.75 Å². The number of amides is 1. The minimum Gasteiger partial charge on any atom is -0.432 e. The molecular formula is C15H16F3N3O2. The Kier molecular flexibility index (Phi) is 4.92. The Bertz CT molecular complexity index is 729. The fourth-order valence-corrected chi connectivity index (χ4v) is 2.31. The number of alkyl halides is 2. The molecule has 0 spiro atoms. The third kappa shape index (κ3) is 3.64. The highest BCUT2D eigenvalue weighted by molar-refractivity contribution is 6.06. The van der Waals surface area contributed by atoms with E-state index in [0.29, 0.717) is 23.5 Å². The summed E-state index contributed by atoms with van der Waals surface area (Å²) in [5.41, 5.74) is 1.47. The fraction of sp³-hybridized carbons (Fsp3) is 0.333. The average molecular weight is 327 g/mol. The molecule has 0 saturated heterocycles. The van der Waals surface area contributed by atoms with Crippen molar-refractivity contribution in [3.05, 3.63) is 41.0 Å². The van der Waals surface area contributed by atoms with E-state index in [1.54, 1.807) is 18.5 Å². The Morgan fingerprint density at radius 2 is 2.09 bits per heavy atom. The van der Waals surface area contributed by atoms with Crippen molar-refractivity contribution in [2.45, 2.75) is 33.9 Å². The molecule has 1 N–H and O–H groups in total. The minimum absolute atomic E-state index is 0.0419. The van der Waals surface area contributed by atoms with Crippen molar-refractivity contribution in [1.29, 1.82) is 0 Å². The normalized spacial score (nSPS) is 10.9. The molecule has 0 saturated carbocycles. The van der Waals surface area contributed by atoms with Crippen molar-refractivity contribution in [2.24, 2.45) is 0 Å². The summed E-state index contributed by atoms with van der Waals surface area (Å²) >= 11 is 0. The van der Waals surface area contributed by atoms with Crippen LogP contribution in [0, 0.1) is 19.7 Å². The lowest BCUT2D eigenvalue weighted by Crippen LogP contribution is -2.16. The number of carbonyl (C=O) groups is 1. The number of aryl methyl sites for hydroxylation is 2. The molecule has 2 rings (SSSR count). The van der Waals surface area contributed by atoms with Gasteiger partial charge in [0.2, 0.25) is 0 Å². The highest BCUT2D eigenvalue weighted by atomic mass is 19.3. The van der Waals surface area contributed by atoms with E-state index >= 15 is 0 Å². The highest BCUT2D eigenvalue weighted by Crippen LogP contribution is 2.28. The molecule has 23 heavy (non-hydrogen) atoms. The van der Waals surface area contributed by atoms with Crippen molar-refractivity contribution >= 4 is 11.6 Å². The Morgan fingerprint density at radius 3 is 2.65 bits per heavy atom. The minimum atomic E-state index is -3.13. The molecule has 0 aliphatic rings. The smallest absolute Gasteiger partial charge is 0.387 e. The maximum absolute atomic E-state index is 13.2. The lowest BCUT2D eigenvalue weighted by molar-refractivity contribution is -0.0495. The predicted molar refractivity (Wildman–Crippen MR) is 78.4 cm³/mol. The first-order valence-corrected chi connectivity index (χ1v) is 6.93. The Morgan fingerprint density at radius 1 is 1.39 bits per heavy atom. The molecule has 1 heterocycles. The standard InChI is InChI=1S/C15H16F3N3O2/c1-4-21-9(3)13(8(2)20-21)14(22)19-11-6-5-10(16)7-12(11)23-15(17)18/h5-7,15H,4H2,1-3H3,(H,19,22). The molecule has 0 aliphatic carbocycles. The van der Waals surface area contributed by atoms with Gasteiger partial charge in [-0.1, -0.05) is 0 Å². The topological polar surface area (TPSA) is 56.2 Å². The van der Waals surface area contributed by atoms with Gasteiger partial charge in [-0.05, 0) is 32.9 Å². The first kappa shape index (κ1) is 16.9. The van der Waals surface area contributed by atoms with E-state index < -0.39 is 24.1 Å². The van der Waals surface area contributed by atoms with E-state index in [9.17, 15) is 18.0 Å². The molecule has 124 valence electrons. The van der Waals surface area contributed by atoms with Crippen LogP contribution in [0.2, 0.25) is 0 Å². The van der Waals surface area contributed by atoms with Gasteiger partial charge in [-0.15, -0.1) is 0 Å². The van der Waals surface area contributed by atoms with Crippen molar-refractivity contribution in [3.63, 3.8) is 0 Å². The van der Waals surface area contributed by atoms with Gasteiger partial charge >= 0.3 is 6.61 Å². The van der Waals surface area contributed by atoms with Crippen LogP contribution in [0.25, 0.3) is 0 Å². The lowest BCUT2D eigenvalue weighted by atomic mass is 10.1. The zero-order valence-corrected chi connectivity index (χ0v) is 12.9. The zero-order chi connectivity index (χ0) is 17.1. The number of anilines is 1. The summed E-state index contributed by atoms with van der Waals surface area (Å²) in [5.74, 6) is -1.71. The summed E-state index contributed by atoms with van der Waals surface area (Å²) < 4.78 is 43.9. The van der Waals surface area contributed by atoms with Crippen LogP contribution in [-0.2, 0) is 6.54 Å². The average Bonchev–Trinajstić information content (AvgIpc) is 2.75. The number of hydrogen-bond acceptors (Lipinski definition) is 3. The second-order valence-corrected chi connectivity index (χ2v) is 4.83. The Labute approximate surface area is 131 Å².